The second-order valence-corrected chi connectivity index (χ2v) is 12.8. The van der Waals surface area contributed by atoms with Gasteiger partial charge in [0, 0.05) is 10.8 Å². The second kappa shape index (κ2) is 11.1. The Bertz CT molecular complexity index is 2800. The Labute approximate surface area is 284 Å². The van der Waals surface area contributed by atoms with Gasteiger partial charge in [-0.1, -0.05) is 158 Å². The first-order valence-electron chi connectivity index (χ1n) is 16.8. The van der Waals surface area contributed by atoms with E-state index in [0.717, 1.165) is 27.5 Å². The van der Waals surface area contributed by atoms with Gasteiger partial charge in [-0.15, -0.1) is 0 Å². The van der Waals surface area contributed by atoms with Crippen LogP contribution in [-0.4, -0.2) is 0 Å². The molecule has 1 aromatic heterocycles. The summed E-state index contributed by atoms with van der Waals surface area (Å²) in [7, 11) is 0. The van der Waals surface area contributed by atoms with Crippen LogP contribution in [0.15, 0.2) is 186 Å². The summed E-state index contributed by atoms with van der Waals surface area (Å²) < 4.78 is 6.35. The van der Waals surface area contributed by atoms with E-state index in [4.69, 9.17) is 4.42 Å². The molecule has 0 N–H and O–H groups in total. The van der Waals surface area contributed by atoms with Crippen molar-refractivity contribution >= 4 is 54.3 Å². The average molecular weight is 623 g/mol. The average Bonchev–Trinajstić information content (AvgIpc) is 3.55. The molecule has 9 aromatic carbocycles. The minimum absolute atomic E-state index is 0.913. The molecule has 10 rings (SSSR count). The fraction of sp³-hybridized carbons (Fsp3) is 0. The predicted molar refractivity (Wildman–Crippen MR) is 208 cm³/mol. The van der Waals surface area contributed by atoms with Crippen molar-refractivity contribution < 1.29 is 4.42 Å². The maximum Gasteiger partial charge on any atom is 0.136 e. The SMILES string of the molecule is c1ccc(-c2ccc(-c3ccc4c(-c5c6ccccc6c(-c6ccc7c(c6)oc6ccccc67)c6ccccc56)cccc4c3)cc2)cc1. The second-order valence-electron chi connectivity index (χ2n) is 12.8. The van der Waals surface area contributed by atoms with Gasteiger partial charge in [-0.25, -0.2) is 0 Å². The Hall–Kier alpha value is -6.44. The number of hydrogen-bond acceptors (Lipinski definition) is 1. The topological polar surface area (TPSA) is 13.1 Å². The Balaban J connectivity index is 1.15. The van der Waals surface area contributed by atoms with E-state index in [1.165, 1.54) is 71.3 Å². The third-order valence-electron chi connectivity index (χ3n) is 10.1. The van der Waals surface area contributed by atoms with Gasteiger partial charge in [-0.2, -0.15) is 0 Å². The molecule has 49 heavy (non-hydrogen) atoms. The Morgan fingerprint density at radius 3 is 1.49 bits per heavy atom. The highest BCUT2D eigenvalue weighted by Crippen LogP contribution is 2.46. The fourth-order valence-corrected chi connectivity index (χ4v) is 7.78. The molecule has 0 saturated heterocycles. The van der Waals surface area contributed by atoms with Crippen LogP contribution in [0.25, 0.3) is 98.8 Å². The molecule has 0 spiro atoms. The molecular formula is C48H30O. The van der Waals surface area contributed by atoms with Crippen LogP contribution in [-0.2, 0) is 0 Å². The van der Waals surface area contributed by atoms with Crippen LogP contribution in [0.2, 0.25) is 0 Å². The van der Waals surface area contributed by atoms with E-state index >= 15 is 0 Å². The monoisotopic (exact) mass is 622 g/mol. The van der Waals surface area contributed by atoms with Gasteiger partial charge < -0.3 is 4.42 Å². The summed E-state index contributed by atoms with van der Waals surface area (Å²) in [6.07, 6.45) is 0. The summed E-state index contributed by atoms with van der Waals surface area (Å²) in [6, 6.07) is 65.8. The van der Waals surface area contributed by atoms with Gasteiger partial charge in [0.15, 0.2) is 0 Å². The first-order valence-corrected chi connectivity index (χ1v) is 16.8. The normalized spacial score (nSPS) is 11.7. The number of hydrogen-bond donors (Lipinski definition) is 0. The van der Waals surface area contributed by atoms with E-state index in [2.05, 4.69) is 170 Å². The van der Waals surface area contributed by atoms with Crippen LogP contribution in [0.1, 0.15) is 0 Å². The summed E-state index contributed by atoms with van der Waals surface area (Å²) >= 11 is 0. The highest BCUT2D eigenvalue weighted by molar-refractivity contribution is 6.24. The first-order chi connectivity index (χ1) is 24.3. The zero-order valence-corrected chi connectivity index (χ0v) is 26.7. The highest BCUT2D eigenvalue weighted by atomic mass is 16.3. The van der Waals surface area contributed by atoms with Crippen molar-refractivity contribution in [1.82, 2.24) is 0 Å². The lowest BCUT2D eigenvalue weighted by molar-refractivity contribution is 0.669. The maximum atomic E-state index is 6.35. The molecule has 228 valence electrons. The minimum Gasteiger partial charge on any atom is -0.456 e. The summed E-state index contributed by atoms with van der Waals surface area (Å²) in [5.74, 6) is 0. The predicted octanol–water partition coefficient (Wildman–Crippen LogP) is 13.7. The van der Waals surface area contributed by atoms with E-state index in [0.29, 0.717) is 0 Å². The molecule has 0 saturated carbocycles. The summed E-state index contributed by atoms with van der Waals surface area (Å²) in [5.41, 5.74) is 11.6. The lowest BCUT2D eigenvalue weighted by Gasteiger charge is -2.19. The van der Waals surface area contributed by atoms with Gasteiger partial charge in [0.2, 0.25) is 0 Å². The molecule has 1 heterocycles. The Morgan fingerprint density at radius 1 is 0.265 bits per heavy atom. The molecule has 0 atom stereocenters. The maximum absolute atomic E-state index is 6.35. The van der Waals surface area contributed by atoms with E-state index in [-0.39, 0.29) is 0 Å². The molecule has 0 aliphatic rings. The molecule has 10 aromatic rings. The lowest BCUT2D eigenvalue weighted by Crippen LogP contribution is -1.91. The third-order valence-corrected chi connectivity index (χ3v) is 10.1. The summed E-state index contributed by atoms with van der Waals surface area (Å²) in [6.45, 7) is 0. The van der Waals surface area contributed by atoms with Crippen LogP contribution in [0.3, 0.4) is 0 Å². The molecule has 0 fully saturated rings. The van der Waals surface area contributed by atoms with Crippen LogP contribution in [0.4, 0.5) is 0 Å². The largest absolute Gasteiger partial charge is 0.456 e. The van der Waals surface area contributed by atoms with Gasteiger partial charge in [0.05, 0.1) is 0 Å². The number of fused-ring (bicyclic) bond motifs is 6. The molecule has 0 bridgehead atoms. The van der Waals surface area contributed by atoms with E-state index in [1.54, 1.807) is 0 Å². The molecule has 0 amide bonds. The van der Waals surface area contributed by atoms with E-state index in [9.17, 15) is 0 Å². The van der Waals surface area contributed by atoms with Crippen molar-refractivity contribution in [3.05, 3.63) is 182 Å². The smallest absolute Gasteiger partial charge is 0.136 e. The van der Waals surface area contributed by atoms with Gasteiger partial charge >= 0.3 is 0 Å². The van der Waals surface area contributed by atoms with Crippen LogP contribution < -0.4 is 0 Å². The van der Waals surface area contributed by atoms with Crippen LogP contribution >= 0.6 is 0 Å². The van der Waals surface area contributed by atoms with Gasteiger partial charge in [-0.05, 0) is 101 Å². The molecule has 1 nitrogen and oxygen atoms in total. The van der Waals surface area contributed by atoms with Gasteiger partial charge in [0.1, 0.15) is 11.2 Å². The zero-order valence-electron chi connectivity index (χ0n) is 26.7. The standard InChI is InChI=1S/C48H30O/c1-2-11-31(12-3-1)32-21-23-33(24-22-32)34-25-27-37-35(29-34)13-10-19-40(37)48-43-17-6-4-15-41(43)47(42-16-5-7-18-44(42)48)36-26-28-39-38-14-8-9-20-45(38)49-46(39)30-36/h1-30H. The zero-order chi connectivity index (χ0) is 32.3. The molecule has 0 unspecified atom stereocenters. The van der Waals surface area contributed by atoms with Crippen LogP contribution in [0.5, 0.6) is 0 Å². The summed E-state index contributed by atoms with van der Waals surface area (Å²) in [4.78, 5) is 0. The molecule has 0 aliphatic carbocycles. The third kappa shape index (κ3) is 4.47. The highest BCUT2D eigenvalue weighted by Gasteiger charge is 2.19. The fourth-order valence-electron chi connectivity index (χ4n) is 7.78. The Kier molecular flexibility index (Phi) is 6.25. The summed E-state index contributed by atoms with van der Waals surface area (Å²) in [5, 5.41) is 9.73. The van der Waals surface area contributed by atoms with Crippen molar-refractivity contribution in [2.45, 2.75) is 0 Å². The lowest BCUT2D eigenvalue weighted by atomic mass is 9.84. The van der Waals surface area contributed by atoms with Crippen molar-refractivity contribution in [1.29, 1.82) is 0 Å². The quantitative estimate of drug-likeness (QED) is 0.178. The van der Waals surface area contributed by atoms with Crippen molar-refractivity contribution in [2.24, 2.45) is 0 Å². The van der Waals surface area contributed by atoms with E-state index < -0.39 is 0 Å². The molecule has 0 aliphatic heterocycles. The number of benzene rings is 9. The molecular weight excluding hydrogens is 593 g/mol. The number of para-hydroxylation sites is 1. The minimum atomic E-state index is 0.913. The number of furan rings is 1. The van der Waals surface area contributed by atoms with Gasteiger partial charge in [-0.3, -0.25) is 0 Å². The van der Waals surface area contributed by atoms with Crippen molar-refractivity contribution in [3.63, 3.8) is 0 Å². The van der Waals surface area contributed by atoms with Crippen molar-refractivity contribution in [3.8, 4) is 44.5 Å². The van der Waals surface area contributed by atoms with E-state index in [1.807, 2.05) is 12.1 Å². The number of rotatable bonds is 4. The molecule has 1 heteroatoms. The first kappa shape index (κ1) is 27.7. The van der Waals surface area contributed by atoms with Crippen molar-refractivity contribution in [2.75, 3.05) is 0 Å². The Morgan fingerprint density at radius 2 is 0.776 bits per heavy atom. The van der Waals surface area contributed by atoms with Gasteiger partial charge in [0.25, 0.3) is 0 Å². The van der Waals surface area contributed by atoms with Crippen LogP contribution in [0, 0.1) is 0 Å². The molecule has 0 radical (unpaired) electrons.